The van der Waals surface area contributed by atoms with Crippen LogP contribution in [0.3, 0.4) is 0 Å². The Morgan fingerprint density at radius 2 is 1.68 bits per heavy atom. The van der Waals surface area contributed by atoms with Crippen LogP contribution in [0, 0.1) is 0 Å². The summed E-state index contributed by atoms with van der Waals surface area (Å²) in [4.78, 5) is 28.2. The molecule has 0 radical (unpaired) electrons. The van der Waals surface area contributed by atoms with E-state index in [1.54, 1.807) is 24.3 Å². The Balaban J connectivity index is 2.13. The summed E-state index contributed by atoms with van der Waals surface area (Å²) in [6.07, 6.45) is 0. The zero-order chi connectivity index (χ0) is 16.3. The number of hydrogen-bond donors (Lipinski definition) is 2. The lowest BCUT2D eigenvalue weighted by atomic mass is 10.1. The molecule has 1 aromatic heterocycles. The third-order valence-corrected chi connectivity index (χ3v) is 4.29. The summed E-state index contributed by atoms with van der Waals surface area (Å²) in [5.41, 5.74) is 1.65. The number of benzene rings is 1. The smallest absolute Gasteiger partial charge is 0.275 e. The van der Waals surface area contributed by atoms with Crippen LogP contribution < -0.4 is 10.6 Å². The number of rotatable bonds is 4. The summed E-state index contributed by atoms with van der Waals surface area (Å²) in [6, 6.07) is 6.86. The van der Waals surface area contributed by atoms with Crippen molar-refractivity contribution in [2.75, 3.05) is 10.6 Å². The molecule has 22 heavy (non-hydrogen) atoms. The minimum atomic E-state index is -0.292. The molecule has 0 aliphatic heterocycles. The van der Waals surface area contributed by atoms with E-state index in [0.717, 1.165) is 4.88 Å². The van der Waals surface area contributed by atoms with Crippen LogP contribution in [0.2, 0.25) is 4.47 Å². The Bertz CT molecular complexity index is 695. The van der Waals surface area contributed by atoms with Gasteiger partial charge in [0.25, 0.3) is 5.91 Å². The van der Waals surface area contributed by atoms with Gasteiger partial charge in [-0.2, -0.15) is 0 Å². The number of aromatic nitrogens is 1. The van der Waals surface area contributed by atoms with E-state index >= 15 is 0 Å². The van der Waals surface area contributed by atoms with Crippen LogP contribution in [0.1, 0.15) is 42.1 Å². The van der Waals surface area contributed by atoms with Crippen molar-refractivity contribution in [2.45, 2.75) is 26.7 Å². The Labute approximate surface area is 137 Å². The van der Waals surface area contributed by atoms with Crippen molar-refractivity contribution >= 4 is 46.1 Å². The van der Waals surface area contributed by atoms with Crippen LogP contribution >= 0.6 is 22.9 Å². The lowest BCUT2D eigenvalue weighted by Gasteiger charge is -2.08. The molecule has 0 aliphatic carbocycles. The van der Waals surface area contributed by atoms with Crippen molar-refractivity contribution < 1.29 is 9.59 Å². The predicted molar refractivity (Wildman–Crippen MR) is 89.9 cm³/mol. The number of carbonyl (C=O) groups is 2. The lowest BCUT2D eigenvalue weighted by Crippen LogP contribution is -2.14. The number of carbonyl (C=O) groups excluding carboxylic acids is 2. The predicted octanol–water partition coefficient (Wildman–Crippen LogP) is 4.13. The second kappa shape index (κ2) is 6.89. The third-order valence-electron chi connectivity index (χ3n) is 2.83. The highest BCUT2D eigenvalue weighted by atomic mass is 35.5. The van der Waals surface area contributed by atoms with E-state index in [9.17, 15) is 9.59 Å². The fourth-order valence-electron chi connectivity index (χ4n) is 1.89. The molecule has 2 aromatic rings. The Kier molecular flexibility index (Phi) is 5.15. The fourth-order valence-corrected chi connectivity index (χ4v) is 3.01. The Hall–Kier alpha value is -1.92. The van der Waals surface area contributed by atoms with E-state index in [2.05, 4.69) is 15.6 Å². The number of nitrogens with zero attached hydrogens (tertiary/aromatic N) is 1. The third kappa shape index (κ3) is 4.05. The SMILES string of the molecule is CC(=O)Nc1ccc(NC(=O)c2nc(Cl)sc2C(C)C)cc1. The van der Waals surface area contributed by atoms with Crippen molar-refractivity contribution in [1.82, 2.24) is 4.98 Å². The minimum Gasteiger partial charge on any atom is -0.326 e. The number of halogens is 1. The van der Waals surface area contributed by atoms with Gasteiger partial charge in [0, 0.05) is 23.2 Å². The zero-order valence-electron chi connectivity index (χ0n) is 12.4. The van der Waals surface area contributed by atoms with Crippen LogP contribution in [0.4, 0.5) is 11.4 Å². The second-order valence-electron chi connectivity index (χ2n) is 5.05. The molecule has 0 spiro atoms. The highest BCUT2D eigenvalue weighted by molar-refractivity contribution is 7.16. The second-order valence-corrected chi connectivity index (χ2v) is 6.66. The summed E-state index contributed by atoms with van der Waals surface area (Å²) in [7, 11) is 0. The van der Waals surface area contributed by atoms with Crippen LogP contribution in [0.5, 0.6) is 0 Å². The number of anilines is 2. The molecule has 1 heterocycles. The first kappa shape index (κ1) is 16.5. The molecule has 0 bridgehead atoms. The molecule has 0 fully saturated rings. The van der Waals surface area contributed by atoms with Crippen LogP contribution in [-0.4, -0.2) is 16.8 Å². The summed E-state index contributed by atoms with van der Waals surface area (Å²) >= 11 is 7.23. The van der Waals surface area contributed by atoms with Gasteiger partial charge in [0.1, 0.15) is 5.69 Å². The van der Waals surface area contributed by atoms with E-state index in [0.29, 0.717) is 21.5 Å². The van der Waals surface area contributed by atoms with Crippen LogP contribution in [-0.2, 0) is 4.79 Å². The van der Waals surface area contributed by atoms with Gasteiger partial charge in [-0.25, -0.2) is 4.98 Å². The monoisotopic (exact) mass is 337 g/mol. The first-order valence-corrected chi connectivity index (χ1v) is 7.91. The molecule has 0 saturated carbocycles. The molecule has 2 rings (SSSR count). The number of amides is 2. The molecular formula is C15H16ClN3O2S. The van der Waals surface area contributed by atoms with Gasteiger partial charge in [-0.1, -0.05) is 25.4 Å². The maximum absolute atomic E-state index is 12.3. The molecule has 0 aliphatic rings. The molecule has 0 unspecified atom stereocenters. The average Bonchev–Trinajstić information content (AvgIpc) is 2.83. The molecule has 2 amide bonds. The lowest BCUT2D eigenvalue weighted by molar-refractivity contribution is -0.114. The summed E-state index contributed by atoms with van der Waals surface area (Å²) in [5, 5.41) is 5.45. The summed E-state index contributed by atoms with van der Waals surface area (Å²) < 4.78 is 0.356. The molecular weight excluding hydrogens is 322 g/mol. The minimum absolute atomic E-state index is 0.143. The topological polar surface area (TPSA) is 71.1 Å². The molecule has 1 aromatic carbocycles. The van der Waals surface area contributed by atoms with E-state index in [1.165, 1.54) is 18.3 Å². The largest absolute Gasteiger partial charge is 0.326 e. The van der Waals surface area contributed by atoms with Crippen LogP contribution in [0.15, 0.2) is 24.3 Å². The van der Waals surface area contributed by atoms with Gasteiger partial charge in [0.05, 0.1) is 0 Å². The first-order chi connectivity index (χ1) is 10.4. The zero-order valence-corrected chi connectivity index (χ0v) is 14.0. The molecule has 7 heteroatoms. The fraction of sp³-hybridized carbons (Fsp3) is 0.267. The normalized spacial score (nSPS) is 10.6. The number of thiazole rings is 1. The first-order valence-electron chi connectivity index (χ1n) is 6.72. The molecule has 5 nitrogen and oxygen atoms in total. The van der Waals surface area contributed by atoms with Gasteiger partial charge in [0.15, 0.2) is 4.47 Å². The molecule has 0 saturated heterocycles. The van der Waals surface area contributed by atoms with Gasteiger partial charge in [-0.15, -0.1) is 11.3 Å². The van der Waals surface area contributed by atoms with E-state index in [1.807, 2.05) is 13.8 Å². The number of hydrogen-bond acceptors (Lipinski definition) is 4. The maximum atomic E-state index is 12.3. The summed E-state index contributed by atoms with van der Waals surface area (Å²) in [5.74, 6) is -0.262. The van der Waals surface area contributed by atoms with Gasteiger partial charge < -0.3 is 10.6 Å². The molecule has 0 atom stereocenters. The van der Waals surface area contributed by atoms with Crippen molar-refractivity contribution in [1.29, 1.82) is 0 Å². The quantitative estimate of drug-likeness (QED) is 0.881. The highest BCUT2D eigenvalue weighted by Crippen LogP contribution is 2.30. The van der Waals surface area contributed by atoms with Gasteiger partial charge in [-0.3, -0.25) is 9.59 Å². The van der Waals surface area contributed by atoms with Crippen molar-refractivity contribution in [3.05, 3.63) is 39.3 Å². The van der Waals surface area contributed by atoms with E-state index < -0.39 is 0 Å². The maximum Gasteiger partial charge on any atom is 0.275 e. The van der Waals surface area contributed by atoms with Crippen LogP contribution in [0.25, 0.3) is 0 Å². The van der Waals surface area contributed by atoms with E-state index in [-0.39, 0.29) is 17.7 Å². The van der Waals surface area contributed by atoms with Crippen molar-refractivity contribution in [3.8, 4) is 0 Å². The van der Waals surface area contributed by atoms with Crippen molar-refractivity contribution in [3.63, 3.8) is 0 Å². The van der Waals surface area contributed by atoms with E-state index in [4.69, 9.17) is 11.6 Å². The molecule has 2 N–H and O–H groups in total. The van der Waals surface area contributed by atoms with Crippen molar-refractivity contribution in [2.24, 2.45) is 0 Å². The highest BCUT2D eigenvalue weighted by Gasteiger charge is 2.19. The van der Waals surface area contributed by atoms with Gasteiger partial charge >= 0.3 is 0 Å². The average molecular weight is 338 g/mol. The standard InChI is InChI=1S/C15H16ClN3O2S/c1-8(2)13-12(19-15(16)22-13)14(21)18-11-6-4-10(5-7-11)17-9(3)20/h4-8H,1-3H3,(H,17,20)(H,18,21). The Morgan fingerprint density at radius 1 is 1.14 bits per heavy atom. The van der Waals surface area contributed by atoms with Gasteiger partial charge in [-0.05, 0) is 30.2 Å². The number of nitrogens with one attached hydrogen (secondary N) is 2. The molecule has 116 valence electrons. The summed E-state index contributed by atoms with van der Waals surface area (Å²) in [6.45, 7) is 5.42. The Morgan fingerprint density at radius 3 is 2.18 bits per heavy atom. The van der Waals surface area contributed by atoms with Gasteiger partial charge in [0.2, 0.25) is 5.91 Å².